The van der Waals surface area contributed by atoms with Crippen molar-refractivity contribution < 1.29 is 13.9 Å². The van der Waals surface area contributed by atoms with Gasteiger partial charge in [0.1, 0.15) is 11.3 Å². The third-order valence-corrected chi connectivity index (χ3v) is 5.56. The number of hydrogen-bond acceptors (Lipinski definition) is 6. The molecule has 6 nitrogen and oxygen atoms in total. The van der Waals surface area contributed by atoms with Crippen molar-refractivity contribution in [1.29, 1.82) is 0 Å². The molecule has 0 atom stereocenters. The third-order valence-electron chi connectivity index (χ3n) is 5.56. The lowest BCUT2D eigenvalue weighted by molar-refractivity contribution is -0.126. The largest absolute Gasteiger partial charge is 0.479 e. The molecule has 0 bridgehead atoms. The molecule has 31 heavy (non-hydrogen) atoms. The van der Waals surface area contributed by atoms with Gasteiger partial charge in [-0.3, -0.25) is 4.79 Å². The first-order valence-corrected chi connectivity index (χ1v) is 10.5. The van der Waals surface area contributed by atoms with Gasteiger partial charge >= 0.3 is 5.63 Å². The summed E-state index contributed by atoms with van der Waals surface area (Å²) < 4.78 is 11.4. The fourth-order valence-electron chi connectivity index (χ4n) is 3.86. The van der Waals surface area contributed by atoms with E-state index in [9.17, 15) is 9.59 Å². The highest BCUT2D eigenvalue weighted by atomic mass is 16.5. The van der Waals surface area contributed by atoms with E-state index in [0.717, 1.165) is 29.9 Å². The van der Waals surface area contributed by atoms with E-state index in [2.05, 4.69) is 24.1 Å². The quantitative estimate of drug-likeness (QED) is 0.473. The van der Waals surface area contributed by atoms with Gasteiger partial charge in [0.05, 0.1) is 11.1 Å². The van der Waals surface area contributed by atoms with E-state index in [0.29, 0.717) is 22.5 Å². The van der Waals surface area contributed by atoms with Crippen molar-refractivity contribution >= 4 is 33.7 Å². The molecular formula is C25H26N2O4. The van der Waals surface area contributed by atoms with Crippen LogP contribution < -0.4 is 20.6 Å². The lowest BCUT2D eigenvalue weighted by Gasteiger charge is -2.32. The zero-order valence-electron chi connectivity index (χ0n) is 18.2. The first kappa shape index (κ1) is 20.7. The monoisotopic (exact) mass is 418 g/mol. The molecular weight excluding hydrogens is 392 g/mol. The molecule has 2 heterocycles. The SMILES string of the molecule is CCN(CC)c1ccc(N/C=C2\C(=O)C(C)(C)Oc3ccc4ccc(=O)oc4c32)cc1. The summed E-state index contributed by atoms with van der Waals surface area (Å²) in [5, 5.41) is 3.95. The zero-order valence-corrected chi connectivity index (χ0v) is 18.2. The highest BCUT2D eigenvalue weighted by Crippen LogP contribution is 2.41. The van der Waals surface area contributed by atoms with Crippen molar-refractivity contribution in [3.63, 3.8) is 0 Å². The van der Waals surface area contributed by atoms with Gasteiger partial charge in [0, 0.05) is 42.1 Å². The number of benzene rings is 2. The summed E-state index contributed by atoms with van der Waals surface area (Å²) in [7, 11) is 0. The molecule has 0 unspecified atom stereocenters. The number of nitrogens with zero attached hydrogens (tertiary/aromatic N) is 1. The fraction of sp³-hybridized carbons (Fsp3) is 0.280. The number of ketones is 1. The van der Waals surface area contributed by atoms with Gasteiger partial charge in [0.15, 0.2) is 5.60 Å². The van der Waals surface area contributed by atoms with Gasteiger partial charge < -0.3 is 19.4 Å². The molecule has 1 aromatic heterocycles. The maximum absolute atomic E-state index is 13.2. The molecule has 0 saturated heterocycles. The maximum atomic E-state index is 13.2. The van der Waals surface area contributed by atoms with Crippen molar-refractivity contribution in [1.82, 2.24) is 0 Å². The van der Waals surface area contributed by atoms with Crippen LogP contribution in [0, 0.1) is 0 Å². The Morgan fingerprint density at radius 2 is 1.65 bits per heavy atom. The van der Waals surface area contributed by atoms with Crippen LogP contribution in [0.25, 0.3) is 16.5 Å². The van der Waals surface area contributed by atoms with Crippen LogP contribution in [0.5, 0.6) is 5.75 Å². The number of anilines is 2. The minimum atomic E-state index is -1.03. The van der Waals surface area contributed by atoms with Crippen LogP contribution in [0.15, 0.2) is 63.9 Å². The Hall–Kier alpha value is -3.54. The van der Waals surface area contributed by atoms with Gasteiger partial charge in [0.2, 0.25) is 5.78 Å². The number of hydrogen-bond donors (Lipinski definition) is 1. The lowest BCUT2D eigenvalue weighted by Crippen LogP contribution is -2.42. The summed E-state index contributed by atoms with van der Waals surface area (Å²) in [6.45, 7) is 9.59. The second-order valence-corrected chi connectivity index (χ2v) is 7.97. The molecule has 0 amide bonds. The highest BCUT2D eigenvalue weighted by Gasteiger charge is 2.40. The van der Waals surface area contributed by atoms with Gasteiger partial charge in [0.25, 0.3) is 0 Å². The molecule has 0 aliphatic carbocycles. The van der Waals surface area contributed by atoms with Crippen LogP contribution in [0.2, 0.25) is 0 Å². The minimum absolute atomic E-state index is 0.189. The van der Waals surface area contributed by atoms with Crippen molar-refractivity contribution in [2.75, 3.05) is 23.3 Å². The molecule has 0 saturated carbocycles. The van der Waals surface area contributed by atoms with Crippen molar-refractivity contribution in [2.24, 2.45) is 0 Å². The highest BCUT2D eigenvalue weighted by molar-refractivity contribution is 6.28. The number of nitrogens with one attached hydrogen (secondary N) is 1. The molecule has 0 radical (unpaired) electrons. The van der Waals surface area contributed by atoms with Crippen LogP contribution in [-0.2, 0) is 4.79 Å². The molecule has 1 aliphatic heterocycles. The van der Waals surface area contributed by atoms with Crippen LogP contribution in [-0.4, -0.2) is 24.5 Å². The Balaban J connectivity index is 1.77. The predicted octanol–water partition coefficient (Wildman–Crippen LogP) is 4.83. The van der Waals surface area contributed by atoms with Crippen molar-refractivity contribution in [3.05, 3.63) is 70.7 Å². The van der Waals surface area contributed by atoms with E-state index < -0.39 is 11.2 Å². The molecule has 4 rings (SSSR count). The van der Waals surface area contributed by atoms with Gasteiger partial charge in [-0.2, -0.15) is 0 Å². The summed E-state index contributed by atoms with van der Waals surface area (Å²) in [6.07, 6.45) is 1.67. The summed E-state index contributed by atoms with van der Waals surface area (Å²) >= 11 is 0. The second kappa shape index (κ2) is 7.95. The number of rotatable bonds is 5. The number of ether oxygens (including phenoxy) is 1. The standard InChI is InChI=1S/C25H26N2O4/c1-5-27(6-2)18-11-9-17(10-12-18)26-15-19-22-20(31-25(3,4)24(19)29)13-7-16-8-14-21(28)30-23(16)22/h7-15,26H,5-6H2,1-4H3/b19-15-. The van der Waals surface area contributed by atoms with Crippen LogP contribution in [0.1, 0.15) is 33.3 Å². The number of fused-ring (bicyclic) bond motifs is 3. The first-order valence-electron chi connectivity index (χ1n) is 10.5. The Kier molecular flexibility index (Phi) is 5.31. The van der Waals surface area contributed by atoms with Gasteiger partial charge in [-0.25, -0.2) is 4.79 Å². The Bertz CT molecular complexity index is 1220. The summed E-state index contributed by atoms with van der Waals surface area (Å²) in [5.41, 5.74) is 1.74. The third kappa shape index (κ3) is 3.81. The minimum Gasteiger partial charge on any atom is -0.479 e. The van der Waals surface area contributed by atoms with Gasteiger partial charge in [-0.1, -0.05) is 0 Å². The summed E-state index contributed by atoms with van der Waals surface area (Å²) in [6, 6.07) is 14.7. The predicted molar refractivity (Wildman–Crippen MR) is 124 cm³/mol. The average molecular weight is 418 g/mol. The first-order chi connectivity index (χ1) is 14.8. The Morgan fingerprint density at radius 1 is 0.968 bits per heavy atom. The molecule has 0 spiro atoms. The van der Waals surface area contributed by atoms with Crippen molar-refractivity contribution in [3.8, 4) is 5.75 Å². The smallest absolute Gasteiger partial charge is 0.336 e. The fourth-order valence-corrected chi connectivity index (χ4v) is 3.86. The van der Waals surface area contributed by atoms with Crippen LogP contribution in [0.3, 0.4) is 0 Å². The van der Waals surface area contributed by atoms with E-state index in [4.69, 9.17) is 9.15 Å². The molecule has 0 fully saturated rings. The summed E-state index contributed by atoms with van der Waals surface area (Å²) in [4.78, 5) is 27.4. The second-order valence-electron chi connectivity index (χ2n) is 7.97. The van der Waals surface area contributed by atoms with E-state index in [1.165, 1.54) is 6.07 Å². The van der Waals surface area contributed by atoms with E-state index in [1.54, 1.807) is 32.2 Å². The molecule has 2 aromatic carbocycles. The normalized spacial score (nSPS) is 16.1. The average Bonchev–Trinajstić information content (AvgIpc) is 2.75. The Labute approximate surface area is 181 Å². The molecule has 1 aliphatic rings. The van der Waals surface area contributed by atoms with E-state index in [-0.39, 0.29) is 5.78 Å². The summed E-state index contributed by atoms with van der Waals surface area (Å²) in [5.74, 6) is 0.322. The van der Waals surface area contributed by atoms with E-state index >= 15 is 0 Å². The Morgan fingerprint density at radius 3 is 2.32 bits per heavy atom. The molecule has 3 aromatic rings. The number of carbonyl (C=O) groups is 1. The lowest BCUT2D eigenvalue weighted by atomic mass is 9.87. The molecule has 1 N–H and O–H groups in total. The molecule has 6 heteroatoms. The topological polar surface area (TPSA) is 71.8 Å². The number of Topliss-reactive ketones (excluding diaryl/α,β-unsaturated/α-hetero) is 1. The number of carbonyl (C=O) groups excluding carboxylic acids is 1. The van der Waals surface area contributed by atoms with Crippen LogP contribution in [0.4, 0.5) is 11.4 Å². The maximum Gasteiger partial charge on any atom is 0.336 e. The van der Waals surface area contributed by atoms with E-state index in [1.807, 2.05) is 30.3 Å². The molecule has 160 valence electrons. The van der Waals surface area contributed by atoms with Gasteiger partial charge in [-0.05, 0) is 70.2 Å². The van der Waals surface area contributed by atoms with Gasteiger partial charge in [-0.15, -0.1) is 0 Å². The van der Waals surface area contributed by atoms with Crippen LogP contribution >= 0.6 is 0 Å². The zero-order chi connectivity index (χ0) is 22.2. The van der Waals surface area contributed by atoms with Crippen molar-refractivity contribution in [2.45, 2.75) is 33.3 Å².